The smallest absolute Gasteiger partial charge is 0.418 e. The lowest BCUT2D eigenvalue weighted by Crippen LogP contribution is -2.27. The molecule has 2 rings (SSSR count). The number of halogens is 5. The first kappa shape index (κ1) is 16.3. The highest BCUT2D eigenvalue weighted by Crippen LogP contribution is 2.31. The molecule has 9 heteroatoms. The van der Waals surface area contributed by atoms with E-state index in [2.05, 4.69) is 5.10 Å². The van der Waals surface area contributed by atoms with E-state index in [1.807, 2.05) is 0 Å². The minimum absolute atomic E-state index is 0.0413. The predicted molar refractivity (Wildman–Crippen MR) is 71.1 cm³/mol. The van der Waals surface area contributed by atoms with Crippen molar-refractivity contribution in [3.05, 3.63) is 50.7 Å². The summed E-state index contributed by atoms with van der Waals surface area (Å²) in [5.41, 5.74) is -3.20. The molecule has 0 aliphatic carbocycles. The van der Waals surface area contributed by atoms with Crippen LogP contribution in [0, 0.1) is 12.7 Å². The Morgan fingerprint density at radius 3 is 2.50 bits per heavy atom. The van der Waals surface area contributed by atoms with Gasteiger partial charge < -0.3 is 4.74 Å². The van der Waals surface area contributed by atoms with E-state index in [0.717, 1.165) is 19.1 Å². The van der Waals surface area contributed by atoms with Gasteiger partial charge in [0.1, 0.15) is 11.4 Å². The fourth-order valence-corrected chi connectivity index (χ4v) is 2.06. The van der Waals surface area contributed by atoms with Crippen LogP contribution in [0.2, 0.25) is 5.02 Å². The summed E-state index contributed by atoms with van der Waals surface area (Å²) < 4.78 is 57.5. The highest BCUT2D eigenvalue weighted by molar-refractivity contribution is 6.32. The van der Waals surface area contributed by atoms with Crippen molar-refractivity contribution in [3.63, 3.8) is 0 Å². The molecule has 0 atom stereocenters. The Labute approximate surface area is 126 Å². The Kier molecular flexibility index (Phi) is 4.15. The van der Waals surface area contributed by atoms with Gasteiger partial charge >= 0.3 is 6.18 Å². The van der Waals surface area contributed by atoms with Gasteiger partial charge in [-0.05, 0) is 13.0 Å². The van der Waals surface area contributed by atoms with Gasteiger partial charge in [-0.2, -0.15) is 23.0 Å². The Morgan fingerprint density at radius 1 is 1.32 bits per heavy atom. The molecule has 2 aromatic rings. The molecule has 0 unspecified atom stereocenters. The van der Waals surface area contributed by atoms with Crippen molar-refractivity contribution in [2.24, 2.45) is 0 Å². The zero-order valence-electron chi connectivity index (χ0n) is 11.3. The number of rotatable bonds is 2. The van der Waals surface area contributed by atoms with E-state index in [0.29, 0.717) is 10.9 Å². The summed E-state index contributed by atoms with van der Waals surface area (Å²) in [6.07, 6.45) is -4.25. The minimum atomic E-state index is -4.72. The van der Waals surface area contributed by atoms with Gasteiger partial charge in [0.05, 0.1) is 23.9 Å². The second-order valence-electron chi connectivity index (χ2n) is 4.34. The molecule has 0 fully saturated rings. The number of aromatic nitrogens is 2. The Morgan fingerprint density at radius 2 is 1.95 bits per heavy atom. The first-order chi connectivity index (χ1) is 10.2. The molecule has 0 N–H and O–H groups in total. The molecular formula is C13H9ClF4N2O2. The first-order valence-electron chi connectivity index (χ1n) is 5.86. The van der Waals surface area contributed by atoms with E-state index in [1.54, 1.807) is 0 Å². The van der Waals surface area contributed by atoms with Crippen LogP contribution < -0.4 is 10.3 Å². The van der Waals surface area contributed by atoms with Gasteiger partial charge in [0.25, 0.3) is 5.56 Å². The van der Waals surface area contributed by atoms with E-state index in [9.17, 15) is 22.4 Å². The summed E-state index contributed by atoms with van der Waals surface area (Å²) in [7, 11) is 1.27. The fraction of sp³-hybridized carbons (Fsp3) is 0.231. The van der Waals surface area contributed by atoms with Crippen LogP contribution in [-0.2, 0) is 6.18 Å². The molecule has 0 radical (unpaired) electrons. The molecule has 1 aromatic heterocycles. The molecule has 1 heterocycles. The Balaban J connectivity index is 2.70. The summed E-state index contributed by atoms with van der Waals surface area (Å²) in [5, 5.41) is 3.35. The minimum Gasteiger partial charge on any atom is -0.495 e. The van der Waals surface area contributed by atoms with Crippen LogP contribution in [0.5, 0.6) is 5.75 Å². The van der Waals surface area contributed by atoms with Gasteiger partial charge in [0, 0.05) is 11.6 Å². The molecule has 0 spiro atoms. The van der Waals surface area contributed by atoms with E-state index in [1.165, 1.54) is 7.11 Å². The maximum Gasteiger partial charge on any atom is 0.418 e. The highest BCUT2D eigenvalue weighted by Gasteiger charge is 2.34. The van der Waals surface area contributed by atoms with Crippen molar-refractivity contribution < 1.29 is 22.3 Å². The van der Waals surface area contributed by atoms with Crippen LogP contribution in [0.4, 0.5) is 17.6 Å². The van der Waals surface area contributed by atoms with Crippen LogP contribution in [0.3, 0.4) is 0 Å². The summed E-state index contributed by atoms with van der Waals surface area (Å²) in [6, 6.07) is 1.97. The molecular weight excluding hydrogens is 328 g/mol. The van der Waals surface area contributed by atoms with Crippen molar-refractivity contribution in [1.82, 2.24) is 9.78 Å². The number of methoxy groups -OCH3 is 1. The quantitative estimate of drug-likeness (QED) is 0.790. The Hall–Kier alpha value is -2.09. The molecule has 22 heavy (non-hydrogen) atoms. The topological polar surface area (TPSA) is 44.1 Å². The predicted octanol–water partition coefficient (Wildman–Crippen LogP) is 3.36. The molecule has 0 bridgehead atoms. The number of ether oxygens (including phenoxy) is 1. The second-order valence-corrected chi connectivity index (χ2v) is 4.74. The van der Waals surface area contributed by atoms with Crippen LogP contribution in [0.25, 0.3) is 5.69 Å². The van der Waals surface area contributed by atoms with E-state index in [-0.39, 0.29) is 16.5 Å². The van der Waals surface area contributed by atoms with Crippen molar-refractivity contribution in [1.29, 1.82) is 0 Å². The van der Waals surface area contributed by atoms with Crippen molar-refractivity contribution >= 4 is 11.6 Å². The van der Waals surface area contributed by atoms with Gasteiger partial charge in [-0.25, -0.2) is 4.39 Å². The standard InChI is InChI=1S/C13H9ClF4N2O2/c1-6-7(13(16,17)18)5-19-20(12(6)21)10-4-11(22-2)8(14)3-9(10)15/h3-5H,1-2H3. The largest absolute Gasteiger partial charge is 0.495 e. The summed E-state index contributed by atoms with van der Waals surface area (Å²) >= 11 is 5.72. The molecule has 1 aromatic carbocycles. The summed E-state index contributed by atoms with van der Waals surface area (Å²) in [4.78, 5) is 12.0. The highest BCUT2D eigenvalue weighted by atomic mass is 35.5. The van der Waals surface area contributed by atoms with Gasteiger partial charge in [0.15, 0.2) is 5.82 Å². The third-order valence-corrected chi connectivity index (χ3v) is 3.27. The molecule has 0 saturated heterocycles. The summed E-state index contributed by atoms with van der Waals surface area (Å²) in [6.45, 7) is 0.994. The average molecular weight is 337 g/mol. The molecule has 0 saturated carbocycles. The van der Waals surface area contributed by atoms with E-state index < -0.39 is 28.7 Å². The Bertz CT molecular complexity index is 787. The monoisotopic (exact) mass is 336 g/mol. The van der Waals surface area contributed by atoms with Crippen LogP contribution >= 0.6 is 11.6 Å². The normalized spacial score (nSPS) is 11.6. The van der Waals surface area contributed by atoms with E-state index in [4.69, 9.17) is 16.3 Å². The number of hydrogen-bond donors (Lipinski definition) is 0. The van der Waals surface area contributed by atoms with Crippen molar-refractivity contribution in [2.75, 3.05) is 7.11 Å². The lowest BCUT2D eigenvalue weighted by Gasteiger charge is -2.13. The molecule has 0 aliphatic heterocycles. The van der Waals surface area contributed by atoms with E-state index >= 15 is 0 Å². The third-order valence-electron chi connectivity index (χ3n) is 2.97. The second kappa shape index (κ2) is 5.60. The van der Waals surface area contributed by atoms with Crippen LogP contribution in [-0.4, -0.2) is 16.9 Å². The number of nitrogens with zero attached hydrogens (tertiary/aromatic N) is 2. The van der Waals surface area contributed by atoms with Crippen molar-refractivity contribution in [3.8, 4) is 11.4 Å². The molecule has 118 valence electrons. The number of hydrogen-bond acceptors (Lipinski definition) is 3. The molecule has 4 nitrogen and oxygen atoms in total. The maximum atomic E-state index is 13.9. The number of alkyl halides is 3. The van der Waals surface area contributed by atoms with Gasteiger partial charge in [-0.15, -0.1) is 0 Å². The third kappa shape index (κ3) is 2.78. The lowest BCUT2D eigenvalue weighted by atomic mass is 10.2. The van der Waals surface area contributed by atoms with Crippen molar-refractivity contribution in [2.45, 2.75) is 13.1 Å². The van der Waals surface area contributed by atoms with Gasteiger partial charge in [0.2, 0.25) is 0 Å². The zero-order valence-corrected chi connectivity index (χ0v) is 12.1. The van der Waals surface area contributed by atoms with Crippen LogP contribution in [0.1, 0.15) is 11.1 Å². The SMILES string of the molecule is COc1cc(-n2ncc(C(F)(F)F)c(C)c2=O)c(F)cc1Cl. The average Bonchev–Trinajstić information content (AvgIpc) is 2.41. The lowest BCUT2D eigenvalue weighted by molar-refractivity contribution is -0.138. The zero-order chi connectivity index (χ0) is 16.7. The molecule has 0 amide bonds. The summed E-state index contributed by atoms with van der Waals surface area (Å²) in [5.74, 6) is -0.858. The first-order valence-corrected chi connectivity index (χ1v) is 6.24. The molecule has 0 aliphatic rings. The van der Waals surface area contributed by atoms with Gasteiger partial charge in [-0.1, -0.05) is 11.6 Å². The maximum absolute atomic E-state index is 13.9. The fourth-order valence-electron chi connectivity index (χ4n) is 1.83. The van der Waals surface area contributed by atoms with Gasteiger partial charge in [-0.3, -0.25) is 4.79 Å². The number of benzene rings is 1. The van der Waals surface area contributed by atoms with Crippen LogP contribution in [0.15, 0.2) is 23.1 Å².